The van der Waals surface area contributed by atoms with Crippen LogP contribution in [0.25, 0.3) is 0 Å². The fourth-order valence-electron chi connectivity index (χ4n) is 2.66. The van der Waals surface area contributed by atoms with Crippen LogP contribution in [-0.2, 0) is 4.79 Å². The molecule has 140 valence electrons. The van der Waals surface area contributed by atoms with Gasteiger partial charge in [0.15, 0.2) is 0 Å². The number of nitro groups is 1. The molecule has 1 unspecified atom stereocenters. The van der Waals surface area contributed by atoms with Gasteiger partial charge in [0.05, 0.1) is 9.80 Å². The Bertz CT molecular complexity index is 610. The maximum Gasteiger partial charge on any atom is 0.324 e. The highest BCUT2D eigenvalue weighted by molar-refractivity contribution is 7.17. The molecule has 1 aliphatic rings. The van der Waals surface area contributed by atoms with Crippen LogP contribution in [0.15, 0.2) is 12.1 Å². The number of rotatable bonds is 8. The van der Waals surface area contributed by atoms with Crippen LogP contribution in [0.1, 0.15) is 35.9 Å². The second kappa shape index (κ2) is 10.3. The van der Waals surface area contributed by atoms with Gasteiger partial charge in [0.25, 0.3) is 5.91 Å². The van der Waals surface area contributed by atoms with Crippen LogP contribution in [0.3, 0.4) is 0 Å². The van der Waals surface area contributed by atoms with Gasteiger partial charge in [-0.05, 0) is 31.9 Å². The summed E-state index contributed by atoms with van der Waals surface area (Å²) in [4.78, 5) is 36.9. The largest absolute Gasteiger partial charge is 0.353 e. The Kier molecular flexibility index (Phi) is 8.81. The molecule has 2 amide bonds. The molecule has 10 heteroatoms. The number of likely N-dealkylation sites (tertiary alicyclic amines) is 1. The van der Waals surface area contributed by atoms with E-state index < -0.39 is 11.0 Å². The molecule has 1 fully saturated rings. The number of carbonyl (C=O) groups is 2. The average Bonchev–Trinajstić information content (AvgIpc) is 3.23. The summed E-state index contributed by atoms with van der Waals surface area (Å²) in [6.45, 7) is 4.68. The third kappa shape index (κ3) is 5.65. The van der Waals surface area contributed by atoms with Gasteiger partial charge in [-0.25, -0.2) is 0 Å². The number of thiophene rings is 1. The lowest BCUT2D eigenvalue weighted by molar-refractivity contribution is -0.380. The summed E-state index contributed by atoms with van der Waals surface area (Å²) in [6, 6.07) is 2.28. The van der Waals surface area contributed by atoms with E-state index in [-0.39, 0.29) is 29.2 Å². The maximum absolute atomic E-state index is 12.5. The first-order chi connectivity index (χ1) is 11.5. The molecule has 8 nitrogen and oxygen atoms in total. The van der Waals surface area contributed by atoms with Crippen molar-refractivity contribution in [2.45, 2.75) is 32.2 Å². The van der Waals surface area contributed by atoms with Crippen molar-refractivity contribution in [2.24, 2.45) is 0 Å². The molecule has 2 rings (SSSR count). The van der Waals surface area contributed by atoms with Gasteiger partial charge in [-0.3, -0.25) is 19.7 Å². The van der Waals surface area contributed by atoms with Crippen LogP contribution in [-0.4, -0.2) is 53.9 Å². The SMILES string of the molecule is CCCNCCNC(=O)C1CCCN1C(=O)c1ccc([N+](=O)[O-])s1.Cl. The number of nitrogens with one attached hydrogen (secondary N) is 2. The first-order valence-corrected chi connectivity index (χ1v) is 8.90. The van der Waals surface area contributed by atoms with Gasteiger partial charge in [-0.2, -0.15) is 0 Å². The van der Waals surface area contributed by atoms with E-state index in [2.05, 4.69) is 17.6 Å². The van der Waals surface area contributed by atoms with E-state index in [0.29, 0.717) is 30.9 Å². The first kappa shape index (κ1) is 21.3. The molecule has 25 heavy (non-hydrogen) atoms. The number of nitrogens with zero attached hydrogens (tertiary/aromatic N) is 2. The average molecular weight is 391 g/mol. The topological polar surface area (TPSA) is 105 Å². The summed E-state index contributed by atoms with van der Waals surface area (Å²) < 4.78 is 0. The molecule has 1 aliphatic heterocycles. The Labute approximate surface area is 156 Å². The van der Waals surface area contributed by atoms with Crippen molar-refractivity contribution in [2.75, 3.05) is 26.2 Å². The summed E-state index contributed by atoms with van der Waals surface area (Å²) in [5.74, 6) is -0.472. The standard InChI is InChI=1S/C15H22N4O4S.ClH/c1-2-7-16-8-9-17-14(20)11-4-3-10-18(11)15(21)12-5-6-13(24-12)19(22)23;/h5-6,11,16H,2-4,7-10H2,1H3,(H,17,20);1H. The molecule has 1 atom stereocenters. The van der Waals surface area contributed by atoms with Crippen LogP contribution in [0.2, 0.25) is 0 Å². The van der Waals surface area contributed by atoms with Gasteiger partial charge < -0.3 is 15.5 Å². The fourth-order valence-corrected chi connectivity index (χ4v) is 3.43. The second-order valence-electron chi connectivity index (χ2n) is 5.59. The molecular weight excluding hydrogens is 368 g/mol. The number of carbonyl (C=O) groups excluding carboxylic acids is 2. The molecule has 2 N–H and O–H groups in total. The van der Waals surface area contributed by atoms with Crippen LogP contribution >= 0.6 is 23.7 Å². The lowest BCUT2D eigenvalue weighted by Crippen LogP contribution is -2.47. The predicted octanol–water partition coefficient (Wildman–Crippen LogP) is 1.80. The van der Waals surface area contributed by atoms with Crippen molar-refractivity contribution in [1.29, 1.82) is 0 Å². The van der Waals surface area contributed by atoms with Crippen molar-refractivity contribution in [3.8, 4) is 0 Å². The minimum atomic E-state index is -0.515. The Morgan fingerprint density at radius 3 is 2.76 bits per heavy atom. The lowest BCUT2D eigenvalue weighted by atomic mass is 10.2. The monoisotopic (exact) mass is 390 g/mol. The first-order valence-electron chi connectivity index (χ1n) is 8.08. The molecular formula is C15H23ClN4O4S. The van der Waals surface area contributed by atoms with Crippen molar-refractivity contribution >= 4 is 40.6 Å². The number of amides is 2. The molecule has 1 aromatic rings. The third-order valence-corrected chi connectivity index (χ3v) is 4.85. The van der Waals surface area contributed by atoms with E-state index in [1.54, 1.807) is 0 Å². The zero-order valence-corrected chi connectivity index (χ0v) is 15.7. The number of halogens is 1. The minimum Gasteiger partial charge on any atom is -0.353 e. The Hall–Kier alpha value is -1.71. The van der Waals surface area contributed by atoms with E-state index in [0.717, 1.165) is 30.7 Å². The minimum absolute atomic E-state index is 0. The zero-order valence-electron chi connectivity index (χ0n) is 14.0. The van der Waals surface area contributed by atoms with Gasteiger partial charge in [0, 0.05) is 25.7 Å². The summed E-state index contributed by atoms with van der Waals surface area (Å²) in [5, 5.41) is 16.7. The molecule has 0 aromatic carbocycles. The molecule has 0 saturated carbocycles. The molecule has 0 aliphatic carbocycles. The van der Waals surface area contributed by atoms with E-state index in [1.165, 1.54) is 17.0 Å². The Morgan fingerprint density at radius 2 is 2.12 bits per heavy atom. The normalized spacial score (nSPS) is 16.4. The third-order valence-electron chi connectivity index (χ3n) is 3.83. The molecule has 1 aromatic heterocycles. The zero-order chi connectivity index (χ0) is 17.5. The van der Waals surface area contributed by atoms with Crippen LogP contribution in [0.4, 0.5) is 5.00 Å². The van der Waals surface area contributed by atoms with Crippen LogP contribution < -0.4 is 10.6 Å². The highest BCUT2D eigenvalue weighted by atomic mass is 35.5. The number of hydrogen-bond acceptors (Lipinski definition) is 6. The summed E-state index contributed by atoms with van der Waals surface area (Å²) in [6.07, 6.45) is 2.41. The fraction of sp³-hybridized carbons (Fsp3) is 0.600. The van der Waals surface area contributed by atoms with E-state index in [1.807, 2.05) is 0 Å². The van der Waals surface area contributed by atoms with Crippen molar-refractivity contribution in [3.63, 3.8) is 0 Å². The molecule has 1 saturated heterocycles. The Balaban J connectivity index is 0.00000312. The summed E-state index contributed by atoms with van der Waals surface area (Å²) in [7, 11) is 0. The number of hydrogen-bond donors (Lipinski definition) is 2. The maximum atomic E-state index is 12.5. The van der Waals surface area contributed by atoms with Gasteiger partial charge >= 0.3 is 5.00 Å². The van der Waals surface area contributed by atoms with Gasteiger partial charge in [-0.1, -0.05) is 18.3 Å². The van der Waals surface area contributed by atoms with E-state index >= 15 is 0 Å². The predicted molar refractivity (Wildman–Crippen MR) is 98.5 cm³/mol. The van der Waals surface area contributed by atoms with Gasteiger partial charge in [0.2, 0.25) is 5.91 Å². The molecule has 0 radical (unpaired) electrons. The summed E-state index contributed by atoms with van der Waals surface area (Å²) in [5.41, 5.74) is 0. The summed E-state index contributed by atoms with van der Waals surface area (Å²) >= 11 is 0.845. The van der Waals surface area contributed by atoms with Gasteiger partial charge in [0.1, 0.15) is 6.04 Å². The van der Waals surface area contributed by atoms with Crippen LogP contribution in [0.5, 0.6) is 0 Å². The molecule has 0 spiro atoms. The molecule has 2 heterocycles. The lowest BCUT2D eigenvalue weighted by Gasteiger charge is -2.23. The van der Waals surface area contributed by atoms with Gasteiger partial charge in [-0.15, -0.1) is 12.4 Å². The molecule has 0 bridgehead atoms. The highest BCUT2D eigenvalue weighted by Crippen LogP contribution is 2.28. The second-order valence-corrected chi connectivity index (χ2v) is 6.65. The smallest absolute Gasteiger partial charge is 0.324 e. The Morgan fingerprint density at radius 1 is 1.36 bits per heavy atom. The quantitative estimate of drug-likeness (QED) is 0.400. The van der Waals surface area contributed by atoms with E-state index in [9.17, 15) is 19.7 Å². The van der Waals surface area contributed by atoms with Crippen LogP contribution in [0, 0.1) is 10.1 Å². The highest BCUT2D eigenvalue weighted by Gasteiger charge is 2.35. The van der Waals surface area contributed by atoms with Crippen molar-refractivity contribution in [1.82, 2.24) is 15.5 Å². The van der Waals surface area contributed by atoms with E-state index in [4.69, 9.17) is 0 Å². The van der Waals surface area contributed by atoms with Crippen molar-refractivity contribution < 1.29 is 14.5 Å². The van der Waals surface area contributed by atoms with Crippen molar-refractivity contribution in [3.05, 3.63) is 27.1 Å².